The molecule has 0 aliphatic carbocycles. The number of hydrogen-bond donors (Lipinski definition) is 0. The third kappa shape index (κ3) is 2.77. The molecule has 0 heterocycles. The molecule has 0 spiro atoms. The molecule has 0 saturated heterocycles. The van der Waals surface area contributed by atoms with Crippen molar-refractivity contribution in [2.75, 3.05) is 7.11 Å². The molecular weight excluding hydrogens is 308 g/mol. The third-order valence-corrected chi connectivity index (χ3v) is 6.04. The number of halogens is 1. The fourth-order valence-electron chi connectivity index (χ4n) is 2.99. The van der Waals surface area contributed by atoms with Gasteiger partial charge in [0.1, 0.15) is 5.75 Å². The smallest absolute Gasteiger partial charge is 0.120 e. The van der Waals surface area contributed by atoms with E-state index in [1.54, 1.807) is 7.11 Å². The fourth-order valence-corrected chi connectivity index (χ4v) is 5.04. The van der Waals surface area contributed by atoms with Crippen LogP contribution in [0.15, 0.2) is 66.7 Å². The molecule has 0 amide bonds. The molecule has 112 valence electrons. The summed E-state index contributed by atoms with van der Waals surface area (Å²) in [5.41, 5.74) is 2.65. The van der Waals surface area contributed by atoms with E-state index < -0.39 is 8.11 Å². The Morgan fingerprint density at radius 3 is 2.27 bits per heavy atom. The van der Waals surface area contributed by atoms with E-state index in [0.717, 1.165) is 5.75 Å². The van der Waals surface area contributed by atoms with Crippen LogP contribution >= 0.6 is 11.1 Å². The summed E-state index contributed by atoms with van der Waals surface area (Å²) < 4.78 is 5.66. The van der Waals surface area contributed by atoms with Gasteiger partial charge in [-0.25, -0.2) is 0 Å². The normalized spacial score (nSPS) is 12.5. The molecule has 3 heteroatoms. The largest absolute Gasteiger partial charge is 0.497 e. The summed E-state index contributed by atoms with van der Waals surface area (Å²) in [7, 11) is 0.620. The minimum absolute atomic E-state index is 0.189. The highest BCUT2D eigenvalue weighted by atomic mass is 35.6. The monoisotopic (exact) mass is 325 g/mol. The molecule has 0 aliphatic heterocycles. The van der Waals surface area contributed by atoms with Gasteiger partial charge in [-0.2, -0.15) is 6.55 Å². The third-order valence-electron chi connectivity index (χ3n) is 3.97. The quantitative estimate of drug-likeness (QED) is 0.462. The van der Waals surface area contributed by atoms with Crippen LogP contribution in [-0.4, -0.2) is 15.2 Å². The Morgan fingerprint density at radius 1 is 0.909 bits per heavy atom. The van der Waals surface area contributed by atoms with E-state index in [2.05, 4.69) is 67.2 Å². The van der Waals surface area contributed by atoms with E-state index in [1.807, 2.05) is 6.07 Å². The maximum atomic E-state index is 6.69. The SMILES string of the molecule is COc1ccc2ccccc2c1C(c1ccccc1)[Si-](C)Cl. The Bertz CT molecular complexity index is 771. The van der Waals surface area contributed by atoms with Gasteiger partial charge in [0.05, 0.1) is 7.11 Å². The van der Waals surface area contributed by atoms with Gasteiger partial charge in [0.2, 0.25) is 0 Å². The average Bonchev–Trinajstić information content (AvgIpc) is 2.56. The molecule has 3 aromatic carbocycles. The zero-order valence-corrected chi connectivity index (χ0v) is 14.5. The number of fused-ring (bicyclic) bond motifs is 1. The van der Waals surface area contributed by atoms with E-state index in [-0.39, 0.29) is 5.54 Å². The van der Waals surface area contributed by atoms with Gasteiger partial charge in [0, 0.05) is 0 Å². The molecular formula is C19H18ClOSi-. The van der Waals surface area contributed by atoms with Crippen LogP contribution in [0.25, 0.3) is 10.8 Å². The molecule has 0 N–H and O–H groups in total. The zero-order chi connectivity index (χ0) is 15.5. The lowest BCUT2D eigenvalue weighted by atomic mass is 9.96. The maximum absolute atomic E-state index is 6.69. The van der Waals surface area contributed by atoms with Crippen LogP contribution in [0.3, 0.4) is 0 Å². The van der Waals surface area contributed by atoms with Crippen molar-refractivity contribution in [2.45, 2.75) is 12.1 Å². The summed E-state index contributed by atoms with van der Waals surface area (Å²) in [4.78, 5) is 0. The lowest BCUT2D eigenvalue weighted by Crippen LogP contribution is -2.16. The van der Waals surface area contributed by atoms with Gasteiger partial charge in [0.25, 0.3) is 0 Å². The van der Waals surface area contributed by atoms with E-state index >= 15 is 0 Å². The molecule has 0 saturated carbocycles. The Hall–Kier alpha value is -1.77. The summed E-state index contributed by atoms with van der Waals surface area (Å²) in [5, 5.41) is 2.44. The zero-order valence-electron chi connectivity index (χ0n) is 12.7. The number of methoxy groups -OCH3 is 1. The summed E-state index contributed by atoms with van der Waals surface area (Å²) in [6, 6.07) is 23.1. The molecule has 3 aromatic rings. The molecule has 1 nitrogen and oxygen atoms in total. The number of rotatable bonds is 4. The van der Waals surface area contributed by atoms with Gasteiger partial charge in [-0.3, -0.25) is 0 Å². The molecule has 3 rings (SSSR count). The van der Waals surface area contributed by atoms with Gasteiger partial charge in [-0.05, 0) is 22.4 Å². The van der Waals surface area contributed by atoms with Crippen molar-refractivity contribution in [1.29, 1.82) is 0 Å². The highest BCUT2D eigenvalue weighted by Gasteiger charge is 2.18. The van der Waals surface area contributed by atoms with E-state index in [0.29, 0.717) is 0 Å². The number of benzene rings is 3. The van der Waals surface area contributed by atoms with Crippen LogP contribution in [-0.2, 0) is 0 Å². The number of ether oxygens (including phenoxy) is 1. The van der Waals surface area contributed by atoms with Crippen LogP contribution in [0, 0.1) is 0 Å². The Labute approximate surface area is 137 Å². The summed E-state index contributed by atoms with van der Waals surface area (Å²) in [6.07, 6.45) is 0. The predicted molar refractivity (Wildman–Crippen MR) is 96.3 cm³/mol. The molecule has 1 atom stereocenters. The molecule has 22 heavy (non-hydrogen) atoms. The van der Waals surface area contributed by atoms with Crippen LogP contribution in [0.4, 0.5) is 0 Å². The van der Waals surface area contributed by atoms with Crippen molar-refractivity contribution in [2.24, 2.45) is 0 Å². The molecule has 0 bridgehead atoms. The lowest BCUT2D eigenvalue weighted by molar-refractivity contribution is 0.411. The van der Waals surface area contributed by atoms with Crippen molar-refractivity contribution < 1.29 is 4.74 Å². The van der Waals surface area contributed by atoms with Gasteiger partial charge >= 0.3 is 0 Å². The first-order valence-electron chi connectivity index (χ1n) is 7.32. The first-order valence-corrected chi connectivity index (χ1v) is 10.4. The van der Waals surface area contributed by atoms with E-state index in [9.17, 15) is 0 Å². The molecule has 1 unspecified atom stereocenters. The lowest BCUT2D eigenvalue weighted by Gasteiger charge is -2.32. The second kappa shape index (κ2) is 6.55. The minimum Gasteiger partial charge on any atom is -0.497 e. The topological polar surface area (TPSA) is 9.23 Å². The molecule has 0 radical (unpaired) electrons. The molecule has 0 aromatic heterocycles. The average molecular weight is 326 g/mol. The number of hydrogen-bond acceptors (Lipinski definition) is 1. The van der Waals surface area contributed by atoms with Gasteiger partial charge in [0.15, 0.2) is 0 Å². The standard InChI is InChI=1S/C19H18ClOSi/c1-21-17-13-12-14-8-6-7-11-16(14)18(17)19(22(2)20)15-9-4-3-5-10-15/h3-13,19H,1-2H3/q-1. The van der Waals surface area contributed by atoms with Gasteiger partial charge in [-0.1, -0.05) is 66.2 Å². The summed E-state index contributed by atoms with van der Waals surface area (Å²) in [5.74, 6) is 0.914. The maximum Gasteiger partial charge on any atom is 0.120 e. The highest BCUT2D eigenvalue weighted by Crippen LogP contribution is 2.39. The second-order valence-electron chi connectivity index (χ2n) is 5.33. The fraction of sp³-hybridized carbons (Fsp3) is 0.158. The van der Waals surface area contributed by atoms with Crippen LogP contribution in [0.1, 0.15) is 16.7 Å². The van der Waals surface area contributed by atoms with Crippen molar-refractivity contribution in [3.8, 4) is 5.75 Å². The molecule has 0 fully saturated rings. The summed E-state index contributed by atoms with van der Waals surface area (Å²) >= 11 is 6.69. The highest BCUT2D eigenvalue weighted by molar-refractivity contribution is 7.07. The Balaban J connectivity index is 2.29. The van der Waals surface area contributed by atoms with Crippen LogP contribution < -0.4 is 4.74 Å². The summed E-state index contributed by atoms with van der Waals surface area (Å²) in [6.45, 7) is 2.14. The van der Waals surface area contributed by atoms with E-state index in [4.69, 9.17) is 15.8 Å². The first kappa shape index (κ1) is 15.1. The minimum atomic E-state index is -1.11. The van der Waals surface area contributed by atoms with Crippen molar-refractivity contribution in [3.05, 3.63) is 77.9 Å². The van der Waals surface area contributed by atoms with Crippen LogP contribution in [0.5, 0.6) is 5.75 Å². The van der Waals surface area contributed by atoms with Crippen molar-refractivity contribution in [3.63, 3.8) is 0 Å². The van der Waals surface area contributed by atoms with Crippen molar-refractivity contribution in [1.82, 2.24) is 0 Å². The van der Waals surface area contributed by atoms with Gasteiger partial charge in [-0.15, -0.1) is 13.6 Å². The molecule has 0 aliphatic rings. The first-order chi connectivity index (χ1) is 10.7. The Morgan fingerprint density at radius 2 is 1.59 bits per heavy atom. The second-order valence-corrected chi connectivity index (χ2v) is 8.87. The predicted octanol–water partition coefficient (Wildman–Crippen LogP) is 5.38. The van der Waals surface area contributed by atoms with Crippen LogP contribution in [0.2, 0.25) is 6.55 Å². The van der Waals surface area contributed by atoms with E-state index in [1.165, 1.54) is 21.9 Å². The van der Waals surface area contributed by atoms with Crippen molar-refractivity contribution >= 4 is 30.0 Å². The Kier molecular flexibility index (Phi) is 4.51. The van der Waals surface area contributed by atoms with Gasteiger partial charge < -0.3 is 15.8 Å².